The summed E-state index contributed by atoms with van der Waals surface area (Å²) in [4.78, 5) is 10.2. The number of hydrogen-bond donors (Lipinski definition) is 2. The highest BCUT2D eigenvalue weighted by molar-refractivity contribution is 9.11. The van der Waals surface area contributed by atoms with Gasteiger partial charge in [0.1, 0.15) is 0 Å². The third kappa shape index (κ3) is 2.58. The van der Waals surface area contributed by atoms with Crippen molar-refractivity contribution in [2.75, 3.05) is 0 Å². The smallest absolute Gasteiger partial charge is 0.306 e. The molecule has 0 radical (unpaired) electrons. The Morgan fingerprint density at radius 2 is 2.42 bits per heavy atom. The fourth-order valence-electron chi connectivity index (χ4n) is 0.781. The summed E-state index contributed by atoms with van der Waals surface area (Å²) in [5.41, 5.74) is 0.647. The zero-order valence-electron chi connectivity index (χ0n) is 6.03. The van der Waals surface area contributed by atoms with E-state index in [-0.39, 0.29) is 6.42 Å². The van der Waals surface area contributed by atoms with Crippen molar-refractivity contribution in [3.05, 3.63) is 20.8 Å². The Bertz CT molecular complexity index is 284. The summed E-state index contributed by atoms with van der Waals surface area (Å²) in [6.45, 7) is 0. The van der Waals surface area contributed by atoms with Gasteiger partial charge in [-0.3, -0.25) is 4.79 Å². The third-order valence-corrected chi connectivity index (χ3v) is 2.86. The summed E-state index contributed by atoms with van der Waals surface area (Å²) < 4.78 is 0.891. The van der Waals surface area contributed by atoms with Crippen molar-refractivity contribution >= 4 is 33.2 Å². The first-order valence-corrected chi connectivity index (χ1v) is 4.90. The van der Waals surface area contributed by atoms with Gasteiger partial charge in [-0.1, -0.05) is 0 Å². The summed E-state index contributed by atoms with van der Waals surface area (Å²) in [5, 5.41) is 19.4. The SMILES string of the molecule is O=C(O)CC(O)c1csc(Br)c1. The van der Waals surface area contributed by atoms with Crippen molar-refractivity contribution in [1.82, 2.24) is 0 Å². The lowest BCUT2D eigenvalue weighted by atomic mass is 10.1. The van der Waals surface area contributed by atoms with E-state index in [9.17, 15) is 9.90 Å². The molecule has 0 aliphatic carbocycles. The lowest BCUT2D eigenvalue weighted by Crippen LogP contribution is -2.04. The van der Waals surface area contributed by atoms with E-state index in [1.165, 1.54) is 11.3 Å². The molecule has 0 fully saturated rings. The van der Waals surface area contributed by atoms with Gasteiger partial charge >= 0.3 is 5.97 Å². The van der Waals surface area contributed by atoms with Gasteiger partial charge in [-0.25, -0.2) is 0 Å². The second-order valence-electron chi connectivity index (χ2n) is 2.30. The minimum Gasteiger partial charge on any atom is -0.481 e. The number of carboxylic acids is 1. The summed E-state index contributed by atoms with van der Waals surface area (Å²) in [6.07, 6.45) is -1.14. The fraction of sp³-hybridized carbons (Fsp3) is 0.286. The van der Waals surface area contributed by atoms with Gasteiger partial charge in [-0.05, 0) is 32.9 Å². The van der Waals surface area contributed by atoms with Gasteiger partial charge < -0.3 is 10.2 Å². The van der Waals surface area contributed by atoms with Crippen LogP contribution >= 0.6 is 27.3 Å². The zero-order chi connectivity index (χ0) is 9.14. The van der Waals surface area contributed by atoms with E-state index in [0.717, 1.165) is 3.79 Å². The average molecular weight is 251 g/mol. The van der Waals surface area contributed by atoms with Crippen LogP contribution in [0.2, 0.25) is 0 Å². The quantitative estimate of drug-likeness (QED) is 0.863. The van der Waals surface area contributed by atoms with E-state index in [0.29, 0.717) is 5.56 Å². The maximum atomic E-state index is 10.2. The Morgan fingerprint density at radius 3 is 2.83 bits per heavy atom. The van der Waals surface area contributed by atoms with Gasteiger partial charge in [0.05, 0.1) is 16.3 Å². The van der Waals surface area contributed by atoms with Crippen LogP contribution in [0.15, 0.2) is 15.2 Å². The standard InChI is InChI=1S/C7H7BrO3S/c8-6-1-4(3-12-6)5(9)2-7(10)11/h1,3,5,9H,2H2,(H,10,11). The number of halogens is 1. The second kappa shape index (κ2) is 4.02. The highest BCUT2D eigenvalue weighted by Gasteiger charge is 2.12. The molecule has 0 aliphatic rings. The molecular formula is C7H7BrO3S. The molecule has 0 saturated carbocycles. The molecule has 1 rings (SSSR count). The molecule has 0 amide bonds. The van der Waals surface area contributed by atoms with Crippen LogP contribution in [0, 0.1) is 0 Å². The normalized spacial score (nSPS) is 12.8. The number of aliphatic hydroxyl groups excluding tert-OH is 1. The monoisotopic (exact) mass is 250 g/mol. The largest absolute Gasteiger partial charge is 0.481 e. The lowest BCUT2D eigenvalue weighted by Gasteiger charge is -2.03. The maximum absolute atomic E-state index is 10.2. The van der Waals surface area contributed by atoms with Crippen LogP contribution in [0.4, 0.5) is 0 Å². The molecule has 1 atom stereocenters. The molecular weight excluding hydrogens is 244 g/mol. The highest BCUT2D eigenvalue weighted by atomic mass is 79.9. The summed E-state index contributed by atoms with van der Waals surface area (Å²) >= 11 is 4.65. The first-order valence-electron chi connectivity index (χ1n) is 3.23. The van der Waals surface area contributed by atoms with Crippen LogP contribution in [0.1, 0.15) is 18.1 Å². The van der Waals surface area contributed by atoms with Gasteiger partial charge in [0.25, 0.3) is 0 Å². The van der Waals surface area contributed by atoms with Gasteiger partial charge in [-0.2, -0.15) is 0 Å². The topological polar surface area (TPSA) is 57.5 Å². The van der Waals surface area contributed by atoms with Crippen molar-refractivity contribution in [2.24, 2.45) is 0 Å². The first-order chi connectivity index (χ1) is 5.59. The van der Waals surface area contributed by atoms with Crippen molar-refractivity contribution in [1.29, 1.82) is 0 Å². The summed E-state index contributed by atoms with van der Waals surface area (Å²) in [5.74, 6) is -0.996. The van der Waals surface area contributed by atoms with Gasteiger partial charge in [-0.15, -0.1) is 11.3 Å². The molecule has 1 aromatic rings. The number of rotatable bonds is 3. The zero-order valence-corrected chi connectivity index (χ0v) is 8.43. The Hall–Kier alpha value is -0.390. The first kappa shape index (κ1) is 9.70. The summed E-state index contributed by atoms with van der Waals surface area (Å²) in [7, 11) is 0. The van der Waals surface area contributed by atoms with Crippen LogP contribution in [-0.2, 0) is 4.79 Å². The van der Waals surface area contributed by atoms with Crippen molar-refractivity contribution in [2.45, 2.75) is 12.5 Å². The van der Waals surface area contributed by atoms with Crippen LogP contribution in [-0.4, -0.2) is 16.2 Å². The lowest BCUT2D eigenvalue weighted by molar-refractivity contribution is -0.139. The average Bonchev–Trinajstić information content (AvgIpc) is 2.34. The molecule has 3 nitrogen and oxygen atoms in total. The van der Waals surface area contributed by atoms with Crippen LogP contribution < -0.4 is 0 Å². The van der Waals surface area contributed by atoms with Crippen molar-refractivity contribution in [3.63, 3.8) is 0 Å². The Kier molecular flexibility index (Phi) is 3.25. The molecule has 0 spiro atoms. The predicted molar refractivity (Wildman–Crippen MR) is 49.2 cm³/mol. The van der Waals surface area contributed by atoms with Gasteiger partial charge in [0, 0.05) is 0 Å². The van der Waals surface area contributed by atoms with Crippen LogP contribution in [0.5, 0.6) is 0 Å². The molecule has 2 N–H and O–H groups in total. The second-order valence-corrected chi connectivity index (χ2v) is 4.59. The van der Waals surface area contributed by atoms with E-state index in [1.807, 2.05) is 0 Å². The molecule has 0 saturated heterocycles. The fourth-order valence-corrected chi connectivity index (χ4v) is 2.00. The van der Waals surface area contributed by atoms with Crippen LogP contribution in [0.25, 0.3) is 0 Å². The van der Waals surface area contributed by atoms with E-state index >= 15 is 0 Å². The maximum Gasteiger partial charge on any atom is 0.306 e. The number of thiophene rings is 1. The molecule has 66 valence electrons. The molecule has 12 heavy (non-hydrogen) atoms. The van der Waals surface area contributed by atoms with Crippen LogP contribution in [0.3, 0.4) is 0 Å². The molecule has 1 unspecified atom stereocenters. The number of aliphatic carboxylic acids is 1. The van der Waals surface area contributed by atoms with Gasteiger partial charge in [0.15, 0.2) is 0 Å². The minimum atomic E-state index is -0.996. The predicted octanol–water partition coefficient (Wildman–Crippen LogP) is 2.02. The Labute approximate surface area is 81.8 Å². The van der Waals surface area contributed by atoms with E-state index in [4.69, 9.17) is 5.11 Å². The molecule has 1 heterocycles. The molecule has 1 aromatic heterocycles. The summed E-state index contributed by atoms with van der Waals surface area (Å²) in [6, 6.07) is 1.72. The number of carboxylic acid groups (broad SMARTS) is 1. The Morgan fingerprint density at radius 1 is 1.75 bits per heavy atom. The number of carbonyl (C=O) groups is 1. The number of aliphatic hydroxyl groups is 1. The number of hydrogen-bond acceptors (Lipinski definition) is 3. The molecule has 0 aromatic carbocycles. The minimum absolute atomic E-state index is 0.247. The third-order valence-electron chi connectivity index (χ3n) is 1.34. The van der Waals surface area contributed by atoms with Gasteiger partial charge in [0.2, 0.25) is 0 Å². The molecule has 0 bridgehead atoms. The van der Waals surface area contributed by atoms with E-state index in [1.54, 1.807) is 11.4 Å². The molecule has 0 aliphatic heterocycles. The van der Waals surface area contributed by atoms with E-state index < -0.39 is 12.1 Å². The van der Waals surface area contributed by atoms with Crippen molar-refractivity contribution in [3.8, 4) is 0 Å². The molecule has 5 heteroatoms. The highest BCUT2D eigenvalue weighted by Crippen LogP contribution is 2.26. The van der Waals surface area contributed by atoms with Crippen molar-refractivity contribution < 1.29 is 15.0 Å². The Balaban J connectivity index is 2.64. The van der Waals surface area contributed by atoms with E-state index in [2.05, 4.69) is 15.9 Å².